The summed E-state index contributed by atoms with van der Waals surface area (Å²) in [5.41, 5.74) is 2.33. The van der Waals surface area contributed by atoms with Crippen LogP contribution in [0.3, 0.4) is 0 Å². The number of Topliss-reactive ketones (excluding diaryl/α,β-unsaturated/α-hetero) is 1. The number of carbonyl (C=O) groups is 2. The number of rotatable bonds is 5. The molecule has 1 heterocycles. The lowest BCUT2D eigenvalue weighted by molar-refractivity contribution is 0.0733. The smallest absolute Gasteiger partial charge is 0.343 e. The Hall–Kier alpha value is -4.06. The van der Waals surface area contributed by atoms with Crippen LogP contribution in [0.2, 0.25) is 0 Å². The van der Waals surface area contributed by atoms with Crippen molar-refractivity contribution in [3.05, 3.63) is 88.7 Å². The maximum atomic E-state index is 12.8. The van der Waals surface area contributed by atoms with Crippen LogP contribution >= 0.6 is 0 Å². The minimum Gasteiger partial charge on any atom is -0.497 e. The lowest BCUT2D eigenvalue weighted by atomic mass is 10.1. The zero-order chi connectivity index (χ0) is 22.0. The minimum atomic E-state index is -0.473. The van der Waals surface area contributed by atoms with Gasteiger partial charge in [-0.25, -0.2) is 4.79 Å². The van der Waals surface area contributed by atoms with Gasteiger partial charge in [0.25, 0.3) is 0 Å². The summed E-state index contributed by atoms with van der Waals surface area (Å²) in [6.45, 7) is 1.84. The van der Waals surface area contributed by atoms with E-state index in [1.165, 1.54) is 6.07 Å². The van der Waals surface area contributed by atoms with Gasteiger partial charge < -0.3 is 18.9 Å². The van der Waals surface area contributed by atoms with Gasteiger partial charge in [0.2, 0.25) is 5.78 Å². The first-order chi connectivity index (χ1) is 15.0. The number of hydrogen-bond acceptors (Lipinski definition) is 6. The van der Waals surface area contributed by atoms with E-state index in [0.717, 1.165) is 5.56 Å². The van der Waals surface area contributed by atoms with Crippen molar-refractivity contribution in [2.75, 3.05) is 14.2 Å². The summed E-state index contributed by atoms with van der Waals surface area (Å²) in [5, 5.41) is 0. The van der Waals surface area contributed by atoms with E-state index in [9.17, 15) is 9.59 Å². The van der Waals surface area contributed by atoms with E-state index in [4.69, 9.17) is 18.9 Å². The Morgan fingerprint density at radius 1 is 0.935 bits per heavy atom. The van der Waals surface area contributed by atoms with Gasteiger partial charge in [0.1, 0.15) is 23.0 Å². The number of benzene rings is 3. The minimum absolute atomic E-state index is 0.143. The molecule has 4 rings (SSSR count). The van der Waals surface area contributed by atoms with Crippen LogP contribution in [-0.4, -0.2) is 26.0 Å². The van der Waals surface area contributed by atoms with Gasteiger partial charge in [0, 0.05) is 11.6 Å². The Balaban J connectivity index is 1.60. The van der Waals surface area contributed by atoms with Crippen molar-refractivity contribution in [1.82, 2.24) is 0 Å². The number of esters is 1. The first-order valence-electron chi connectivity index (χ1n) is 9.58. The molecular weight excluding hydrogens is 396 g/mol. The van der Waals surface area contributed by atoms with Crippen molar-refractivity contribution in [2.24, 2.45) is 0 Å². The highest BCUT2D eigenvalue weighted by atomic mass is 16.5. The molecule has 0 bridgehead atoms. The van der Waals surface area contributed by atoms with Gasteiger partial charge in [0.05, 0.1) is 25.3 Å². The van der Waals surface area contributed by atoms with Crippen molar-refractivity contribution in [2.45, 2.75) is 6.92 Å². The predicted octanol–water partition coefficient (Wildman–Crippen LogP) is 4.85. The Kier molecular flexibility index (Phi) is 5.45. The van der Waals surface area contributed by atoms with Gasteiger partial charge in [-0.15, -0.1) is 0 Å². The molecule has 156 valence electrons. The molecule has 0 radical (unpaired) electrons. The molecule has 1 aliphatic heterocycles. The second kappa shape index (κ2) is 8.36. The molecule has 0 saturated carbocycles. The number of carbonyl (C=O) groups excluding carboxylic acids is 2. The van der Waals surface area contributed by atoms with Crippen molar-refractivity contribution < 1.29 is 28.5 Å². The van der Waals surface area contributed by atoms with E-state index in [0.29, 0.717) is 39.7 Å². The summed E-state index contributed by atoms with van der Waals surface area (Å²) >= 11 is 0. The van der Waals surface area contributed by atoms with Crippen molar-refractivity contribution in [3.8, 4) is 23.0 Å². The van der Waals surface area contributed by atoms with Crippen LogP contribution in [0.25, 0.3) is 6.08 Å². The average molecular weight is 416 g/mol. The highest BCUT2D eigenvalue weighted by Gasteiger charge is 2.28. The zero-order valence-electron chi connectivity index (χ0n) is 17.3. The molecular formula is C25H20O6. The molecule has 0 saturated heterocycles. The lowest BCUT2D eigenvalue weighted by Crippen LogP contribution is -2.10. The van der Waals surface area contributed by atoms with E-state index in [2.05, 4.69) is 0 Å². The fourth-order valence-electron chi connectivity index (χ4n) is 3.29. The molecule has 3 aromatic rings. The van der Waals surface area contributed by atoms with Crippen LogP contribution in [-0.2, 0) is 0 Å². The lowest BCUT2D eigenvalue weighted by Gasteiger charge is -2.08. The zero-order valence-corrected chi connectivity index (χ0v) is 17.3. The molecule has 0 spiro atoms. The normalized spacial score (nSPS) is 13.5. The molecule has 0 N–H and O–H groups in total. The molecule has 6 nitrogen and oxygen atoms in total. The topological polar surface area (TPSA) is 71.1 Å². The number of ketones is 1. The Bertz CT molecular complexity index is 1210. The van der Waals surface area contributed by atoms with Gasteiger partial charge >= 0.3 is 5.97 Å². The predicted molar refractivity (Wildman–Crippen MR) is 115 cm³/mol. The second-order valence-electron chi connectivity index (χ2n) is 6.91. The van der Waals surface area contributed by atoms with Crippen LogP contribution in [0.4, 0.5) is 0 Å². The summed E-state index contributed by atoms with van der Waals surface area (Å²) in [6, 6.07) is 17.1. The van der Waals surface area contributed by atoms with Crippen molar-refractivity contribution >= 4 is 17.8 Å². The van der Waals surface area contributed by atoms with Gasteiger partial charge in [-0.1, -0.05) is 18.2 Å². The van der Waals surface area contributed by atoms with E-state index >= 15 is 0 Å². The van der Waals surface area contributed by atoms with Crippen LogP contribution in [0.5, 0.6) is 23.0 Å². The van der Waals surface area contributed by atoms with Crippen molar-refractivity contribution in [3.63, 3.8) is 0 Å². The molecule has 0 aliphatic carbocycles. The summed E-state index contributed by atoms with van der Waals surface area (Å²) in [4.78, 5) is 25.3. The third-order valence-corrected chi connectivity index (χ3v) is 4.94. The Morgan fingerprint density at radius 3 is 2.45 bits per heavy atom. The Morgan fingerprint density at radius 2 is 1.71 bits per heavy atom. The maximum absolute atomic E-state index is 12.8. The summed E-state index contributed by atoms with van der Waals surface area (Å²) < 4.78 is 21.9. The first-order valence-corrected chi connectivity index (χ1v) is 9.58. The molecule has 31 heavy (non-hydrogen) atoms. The average Bonchev–Trinajstić information content (AvgIpc) is 3.08. The van der Waals surface area contributed by atoms with E-state index in [-0.39, 0.29) is 11.5 Å². The highest BCUT2D eigenvalue weighted by molar-refractivity contribution is 6.14. The number of fused-ring (bicyclic) bond motifs is 1. The van der Waals surface area contributed by atoms with Gasteiger partial charge in [-0.2, -0.15) is 0 Å². The van der Waals surface area contributed by atoms with E-state index < -0.39 is 5.97 Å². The second-order valence-corrected chi connectivity index (χ2v) is 6.91. The number of methoxy groups -OCH3 is 2. The summed E-state index contributed by atoms with van der Waals surface area (Å²) in [7, 11) is 3.11. The van der Waals surface area contributed by atoms with Gasteiger partial charge in [-0.05, 0) is 55.0 Å². The molecule has 3 aromatic carbocycles. The SMILES string of the molecule is COc1ccc(OC)c(C=C2Oc3cc(OC(=O)c4ccccc4C)ccc3C2=O)c1. The fraction of sp³-hybridized carbons (Fsp3) is 0.120. The quantitative estimate of drug-likeness (QED) is 0.336. The molecule has 0 atom stereocenters. The summed E-state index contributed by atoms with van der Waals surface area (Å²) in [5.74, 6) is 1.22. The standard InChI is InChI=1S/C25H20O6/c1-15-6-4-5-7-19(15)25(27)30-18-8-10-20-22(14-18)31-23(24(20)26)13-16-12-17(28-2)9-11-21(16)29-3/h4-14H,1-3H3. The van der Waals surface area contributed by atoms with Crippen LogP contribution < -0.4 is 18.9 Å². The number of allylic oxidation sites excluding steroid dienone is 1. The Labute approximate surface area is 179 Å². The van der Waals surface area contributed by atoms with Crippen LogP contribution in [0.1, 0.15) is 31.8 Å². The molecule has 0 fully saturated rings. The molecule has 6 heteroatoms. The fourth-order valence-corrected chi connectivity index (χ4v) is 3.29. The third-order valence-electron chi connectivity index (χ3n) is 4.94. The molecule has 0 aromatic heterocycles. The number of ether oxygens (including phenoxy) is 4. The van der Waals surface area contributed by atoms with Gasteiger partial charge in [-0.3, -0.25) is 4.79 Å². The highest BCUT2D eigenvalue weighted by Crippen LogP contribution is 2.36. The largest absolute Gasteiger partial charge is 0.497 e. The monoisotopic (exact) mass is 416 g/mol. The molecule has 1 aliphatic rings. The van der Waals surface area contributed by atoms with E-state index in [1.807, 2.05) is 19.1 Å². The maximum Gasteiger partial charge on any atom is 0.343 e. The van der Waals surface area contributed by atoms with Crippen LogP contribution in [0, 0.1) is 6.92 Å². The van der Waals surface area contributed by atoms with Crippen molar-refractivity contribution in [1.29, 1.82) is 0 Å². The molecule has 0 amide bonds. The van der Waals surface area contributed by atoms with Gasteiger partial charge in [0.15, 0.2) is 5.76 Å². The van der Waals surface area contributed by atoms with Crippen LogP contribution in [0.15, 0.2) is 66.4 Å². The third kappa shape index (κ3) is 4.00. The molecule has 0 unspecified atom stereocenters. The summed E-state index contributed by atoms with van der Waals surface area (Å²) in [6.07, 6.45) is 1.60. The number of aryl methyl sites for hydroxylation is 1. The number of hydrogen-bond donors (Lipinski definition) is 0. The van der Waals surface area contributed by atoms with E-state index in [1.54, 1.807) is 62.8 Å². The first kappa shape index (κ1) is 20.2.